The van der Waals surface area contributed by atoms with Gasteiger partial charge in [0.15, 0.2) is 0 Å². The van der Waals surface area contributed by atoms with Gasteiger partial charge in [0.05, 0.1) is 19.2 Å². The molecule has 0 fully saturated rings. The van der Waals surface area contributed by atoms with E-state index in [1.54, 1.807) is 19.2 Å². The third kappa shape index (κ3) is 7.89. The zero-order valence-electron chi connectivity index (χ0n) is 16.6. The topological polar surface area (TPSA) is 113 Å². The average molecular weight is 381 g/mol. The summed E-state index contributed by atoms with van der Waals surface area (Å²) in [6, 6.07) is 11.4. The third-order valence-corrected chi connectivity index (χ3v) is 3.74. The van der Waals surface area contributed by atoms with E-state index in [1.165, 1.54) is 6.20 Å². The van der Waals surface area contributed by atoms with Crippen LogP contribution in [-0.2, 0) is 11.3 Å². The Morgan fingerprint density at radius 1 is 1.36 bits per heavy atom. The molecule has 0 saturated heterocycles. The standard InChI is InChI=1S/C11H16N2O2.C10H11N3/c1-8-4-3-5-9(11(8)15-2)6-13-7-10(12)14;1-3-8(2)13-10-5-4-9(6-11)7-12-10/h3-5,13H,6-7H2,1-2H3,(H2,12,14);4-5,7H,2-3H2,1H3,(H,12,13). The molecule has 2 rings (SSSR count). The molecule has 4 N–H and O–H groups in total. The highest BCUT2D eigenvalue weighted by Gasteiger charge is 2.05. The molecule has 28 heavy (non-hydrogen) atoms. The van der Waals surface area contributed by atoms with Crippen molar-refractivity contribution in [2.45, 2.75) is 26.8 Å². The summed E-state index contributed by atoms with van der Waals surface area (Å²) in [5, 5.41) is 14.5. The van der Waals surface area contributed by atoms with Gasteiger partial charge in [0.2, 0.25) is 5.91 Å². The van der Waals surface area contributed by atoms with E-state index in [0.717, 1.165) is 34.8 Å². The molecule has 0 atom stereocenters. The number of primary amides is 1. The molecule has 1 heterocycles. The number of ether oxygens (including phenoxy) is 1. The smallest absolute Gasteiger partial charge is 0.231 e. The number of carbonyl (C=O) groups excluding carboxylic acids is 1. The molecule has 0 saturated carbocycles. The van der Waals surface area contributed by atoms with Crippen molar-refractivity contribution in [2.75, 3.05) is 19.0 Å². The number of allylic oxidation sites excluding steroid dienone is 1. The number of carbonyl (C=O) groups is 1. The molecule has 0 unspecified atom stereocenters. The number of rotatable bonds is 8. The van der Waals surface area contributed by atoms with Crippen LogP contribution in [0.15, 0.2) is 48.8 Å². The number of para-hydroxylation sites is 1. The monoisotopic (exact) mass is 381 g/mol. The molecule has 0 radical (unpaired) electrons. The summed E-state index contributed by atoms with van der Waals surface area (Å²) in [4.78, 5) is 14.6. The minimum atomic E-state index is -0.360. The average Bonchev–Trinajstić information content (AvgIpc) is 2.69. The first-order valence-corrected chi connectivity index (χ1v) is 8.83. The summed E-state index contributed by atoms with van der Waals surface area (Å²) in [5.41, 5.74) is 8.61. The van der Waals surface area contributed by atoms with Gasteiger partial charge in [-0.15, -0.1) is 0 Å². The van der Waals surface area contributed by atoms with Crippen LogP contribution in [0.2, 0.25) is 0 Å². The SMILES string of the molecule is C=C(CC)Nc1ccc(C#N)cn1.COc1c(C)cccc1CNCC(N)=O. The Labute approximate surface area is 166 Å². The first kappa shape index (κ1) is 22.7. The second kappa shape index (κ2) is 12.1. The van der Waals surface area contributed by atoms with E-state index >= 15 is 0 Å². The maximum Gasteiger partial charge on any atom is 0.231 e. The number of pyridine rings is 1. The van der Waals surface area contributed by atoms with Gasteiger partial charge in [-0.25, -0.2) is 4.98 Å². The number of aryl methyl sites for hydroxylation is 1. The van der Waals surface area contributed by atoms with Gasteiger partial charge in [-0.05, 0) is 31.0 Å². The van der Waals surface area contributed by atoms with Crippen molar-refractivity contribution >= 4 is 11.7 Å². The molecule has 0 aliphatic rings. The second-order valence-corrected chi connectivity index (χ2v) is 5.96. The molecule has 0 aliphatic heterocycles. The number of nitrogens with zero attached hydrogens (tertiary/aromatic N) is 2. The lowest BCUT2D eigenvalue weighted by molar-refractivity contribution is -0.117. The Balaban J connectivity index is 0.000000283. The zero-order valence-corrected chi connectivity index (χ0v) is 16.6. The van der Waals surface area contributed by atoms with Crippen molar-refractivity contribution in [3.63, 3.8) is 0 Å². The van der Waals surface area contributed by atoms with E-state index in [1.807, 2.05) is 38.1 Å². The van der Waals surface area contributed by atoms with Crippen molar-refractivity contribution in [3.05, 3.63) is 65.5 Å². The van der Waals surface area contributed by atoms with Crippen LogP contribution in [0.5, 0.6) is 5.75 Å². The largest absolute Gasteiger partial charge is 0.496 e. The van der Waals surface area contributed by atoms with E-state index in [4.69, 9.17) is 15.7 Å². The van der Waals surface area contributed by atoms with Gasteiger partial charge in [-0.3, -0.25) is 4.79 Å². The van der Waals surface area contributed by atoms with Crippen molar-refractivity contribution < 1.29 is 9.53 Å². The molecule has 0 bridgehead atoms. The van der Waals surface area contributed by atoms with E-state index in [0.29, 0.717) is 12.1 Å². The molecule has 0 spiro atoms. The minimum absolute atomic E-state index is 0.178. The lowest BCUT2D eigenvalue weighted by Gasteiger charge is -2.11. The lowest BCUT2D eigenvalue weighted by atomic mass is 10.1. The normalized spacial score (nSPS) is 9.50. The molecular weight excluding hydrogens is 354 g/mol. The number of methoxy groups -OCH3 is 1. The van der Waals surface area contributed by atoms with E-state index in [2.05, 4.69) is 22.2 Å². The predicted octanol–water partition coefficient (Wildman–Crippen LogP) is 2.87. The van der Waals surface area contributed by atoms with Crippen LogP contribution in [-0.4, -0.2) is 24.5 Å². The molecule has 7 nitrogen and oxygen atoms in total. The number of anilines is 1. The maximum absolute atomic E-state index is 10.5. The van der Waals surface area contributed by atoms with Crippen LogP contribution in [0.25, 0.3) is 0 Å². The number of hydrogen-bond donors (Lipinski definition) is 3. The lowest BCUT2D eigenvalue weighted by Crippen LogP contribution is -2.28. The molecule has 148 valence electrons. The van der Waals surface area contributed by atoms with E-state index in [-0.39, 0.29) is 12.5 Å². The van der Waals surface area contributed by atoms with Gasteiger partial charge >= 0.3 is 0 Å². The Morgan fingerprint density at radius 2 is 2.11 bits per heavy atom. The number of amides is 1. The number of aromatic nitrogens is 1. The van der Waals surface area contributed by atoms with Gasteiger partial charge in [0.25, 0.3) is 0 Å². The fourth-order valence-corrected chi connectivity index (χ4v) is 2.27. The molecule has 0 aliphatic carbocycles. The number of nitrogens with two attached hydrogens (primary N) is 1. The van der Waals surface area contributed by atoms with E-state index in [9.17, 15) is 4.79 Å². The molecule has 1 aromatic carbocycles. The van der Waals surface area contributed by atoms with Crippen LogP contribution >= 0.6 is 0 Å². The van der Waals surface area contributed by atoms with Crippen LogP contribution in [0.4, 0.5) is 5.82 Å². The molecule has 1 amide bonds. The number of benzene rings is 1. The summed E-state index contributed by atoms with van der Waals surface area (Å²) in [6.45, 7) is 8.55. The second-order valence-electron chi connectivity index (χ2n) is 5.96. The van der Waals surface area contributed by atoms with Crippen molar-refractivity contribution in [1.82, 2.24) is 10.3 Å². The zero-order chi connectivity index (χ0) is 20.9. The van der Waals surface area contributed by atoms with Crippen molar-refractivity contribution in [2.24, 2.45) is 5.73 Å². The fraction of sp³-hybridized carbons (Fsp3) is 0.286. The Kier molecular flexibility index (Phi) is 9.79. The summed E-state index contributed by atoms with van der Waals surface area (Å²) >= 11 is 0. The van der Waals surface area contributed by atoms with Crippen molar-refractivity contribution in [3.8, 4) is 11.8 Å². The summed E-state index contributed by atoms with van der Waals surface area (Å²) in [7, 11) is 1.64. The predicted molar refractivity (Wildman–Crippen MR) is 111 cm³/mol. The first-order valence-electron chi connectivity index (χ1n) is 8.83. The number of nitrogens with one attached hydrogen (secondary N) is 2. The van der Waals surface area contributed by atoms with Gasteiger partial charge in [-0.1, -0.05) is 31.7 Å². The molecule has 2 aromatic rings. The Hall–Kier alpha value is -3.37. The first-order chi connectivity index (χ1) is 13.4. The number of hydrogen-bond acceptors (Lipinski definition) is 6. The highest BCUT2D eigenvalue weighted by Crippen LogP contribution is 2.22. The van der Waals surface area contributed by atoms with Gasteiger partial charge < -0.3 is 21.1 Å². The van der Waals surface area contributed by atoms with Crippen LogP contribution in [0, 0.1) is 18.3 Å². The summed E-state index contributed by atoms with van der Waals surface area (Å²) in [6.07, 6.45) is 2.40. The quantitative estimate of drug-likeness (QED) is 0.648. The molecular formula is C21H27N5O2. The van der Waals surface area contributed by atoms with Gasteiger partial charge in [0.1, 0.15) is 17.6 Å². The highest BCUT2D eigenvalue weighted by molar-refractivity contribution is 5.75. The molecule has 7 heteroatoms. The fourth-order valence-electron chi connectivity index (χ4n) is 2.27. The maximum atomic E-state index is 10.5. The van der Waals surface area contributed by atoms with Crippen molar-refractivity contribution in [1.29, 1.82) is 5.26 Å². The van der Waals surface area contributed by atoms with Crippen LogP contribution < -0.4 is 21.1 Å². The summed E-state index contributed by atoms with van der Waals surface area (Å²) in [5.74, 6) is 1.22. The van der Waals surface area contributed by atoms with Gasteiger partial charge in [-0.2, -0.15) is 5.26 Å². The third-order valence-electron chi connectivity index (χ3n) is 3.74. The molecule has 1 aromatic heterocycles. The Morgan fingerprint density at radius 3 is 2.64 bits per heavy atom. The van der Waals surface area contributed by atoms with E-state index < -0.39 is 0 Å². The Bertz CT molecular complexity index is 826. The van der Waals surface area contributed by atoms with Crippen LogP contribution in [0.1, 0.15) is 30.0 Å². The minimum Gasteiger partial charge on any atom is -0.496 e. The van der Waals surface area contributed by atoms with Gasteiger partial charge in [0, 0.05) is 24.0 Å². The summed E-state index contributed by atoms with van der Waals surface area (Å²) < 4.78 is 5.28. The van der Waals surface area contributed by atoms with Crippen LogP contribution in [0.3, 0.4) is 0 Å². The number of nitriles is 1. The highest BCUT2D eigenvalue weighted by atomic mass is 16.5.